The Balaban J connectivity index is 1.59. The molecule has 2 fully saturated rings. The van der Waals surface area contributed by atoms with E-state index in [1.165, 1.54) is 37.7 Å². The van der Waals surface area contributed by atoms with E-state index in [9.17, 15) is 0 Å². The smallest absolute Gasteiger partial charge is 0.141 e. The summed E-state index contributed by atoms with van der Waals surface area (Å²) in [6, 6.07) is 7.30. The Hall–Kier alpha value is -1.35. The highest BCUT2D eigenvalue weighted by Gasteiger charge is 2.51. The number of benzene rings is 1. The number of hydrogen-bond acceptors (Lipinski definition) is 3. The molecule has 0 bridgehead atoms. The predicted octanol–water partition coefficient (Wildman–Crippen LogP) is 5.18. The van der Waals surface area contributed by atoms with Gasteiger partial charge in [-0.3, -0.25) is 0 Å². The van der Waals surface area contributed by atoms with E-state index in [2.05, 4.69) is 62.6 Å². The van der Waals surface area contributed by atoms with Crippen LogP contribution in [0, 0.1) is 11.3 Å². The number of nitrogens with one attached hydrogen (secondary N) is 1. The van der Waals surface area contributed by atoms with E-state index < -0.39 is 0 Å². The fourth-order valence-corrected chi connectivity index (χ4v) is 6.03. The summed E-state index contributed by atoms with van der Waals surface area (Å²) in [5.41, 5.74) is 5.07. The van der Waals surface area contributed by atoms with Crippen LogP contribution in [0.25, 0.3) is 0 Å². The first kappa shape index (κ1) is 19.0. The van der Waals surface area contributed by atoms with Crippen molar-refractivity contribution in [2.75, 3.05) is 13.1 Å². The van der Waals surface area contributed by atoms with Gasteiger partial charge in [0.05, 0.1) is 0 Å². The average molecular weight is 369 g/mol. The molecule has 4 rings (SSSR count). The van der Waals surface area contributed by atoms with Gasteiger partial charge in [-0.05, 0) is 66.2 Å². The molecule has 1 aromatic carbocycles. The topological polar surface area (TPSA) is 33.6 Å². The van der Waals surface area contributed by atoms with Gasteiger partial charge >= 0.3 is 0 Å². The third-order valence-corrected chi connectivity index (χ3v) is 7.66. The predicted molar refractivity (Wildman–Crippen MR) is 113 cm³/mol. The maximum absolute atomic E-state index is 5.80. The van der Waals surface area contributed by atoms with Crippen molar-refractivity contribution >= 4 is 6.21 Å². The number of oxime groups is 1. The van der Waals surface area contributed by atoms with Crippen molar-refractivity contribution in [2.45, 2.75) is 83.7 Å². The van der Waals surface area contributed by atoms with Gasteiger partial charge in [0.2, 0.25) is 0 Å². The minimum absolute atomic E-state index is 0.132. The lowest BCUT2D eigenvalue weighted by Gasteiger charge is -2.54. The molecule has 1 heterocycles. The molecule has 27 heavy (non-hydrogen) atoms. The van der Waals surface area contributed by atoms with Crippen molar-refractivity contribution < 1.29 is 4.84 Å². The number of hydrogen-bond donors (Lipinski definition) is 1. The lowest BCUT2D eigenvalue weighted by molar-refractivity contribution is 0.0566. The normalized spacial score (nSPS) is 36.0. The van der Waals surface area contributed by atoms with Gasteiger partial charge in [0.15, 0.2) is 0 Å². The van der Waals surface area contributed by atoms with Crippen molar-refractivity contribution in [3.8, 4) is 0 Å². The zero-order chi connectivity index (χ0) is 19.1. The third kappa shape index (κ3) is 3.44. The molecule has 4 atom stereocenters. The largest absolute Gasteiger partial charge is 0.391 e. The highest BCUT2D eigenvalue weighted by molar-refractivity contribution is 5.66. The van der Waals surface area contributed by atoms with Crippen LogP contribution in [0.1, 0.15) is 82.4 Å². The molecule has 3 aliphatic rings. The molecule has 0 amide bonds. The first-order valence-corrected chi connectivity index (χ1v) is 11.0. The summed E-state index contributed by atoms with van der Waals surface area (Å²) in [6.07, 6.45) is 9.74. The first-order chi connectivity index (χ1) is 12.9. The molecule has 1 saturated carbocycles. The molecule has 3 nitrogen and oxygen atoms in total. The highest BCUT2D eigenvalue weighted by atomic mass is 16.6. The van der Waals surface area contributed by atoms with Gasteiger partial charge in [-0.15, -0.1) is 0 Å². The monoisotopic (exact) mass is 368 g/mol. The van der Waals surface area contributed by atoms with E-state index in [0.29, 0.717) is 11.8 Å². The van der Waals surface area contributed by atoms with Crippen molar-refractivity contribution in [3.05, 3.63) is 34.9 Å². The van der Waals surface area contributed by atoms with Crippen molar-refractivity contribution in [3.63, 3.8) is 0 Å². The van der Waals surface area contributed by atoms with Crippen LogP contribution >= 0.6 is 0 Å². The second kappa shape index (κ2) is 7.24. The molecular weight excluding hydrogens is 332 g/mol. The van der Waals surface area contributed by atoms with Gasteiger partial charge in [-0.2, -0.15) is 0 Å². The van der Waals surface area contributed by atoms with E-state index in [0.717, 1.165) is 19.5 Å². The number of fused-ring (bicyclic) bond motifs is 3. The molecule has 148 valence electrons. The van der Waals surface area contributed by atoms with Gasteiger partial charge in [0.1, 0.15) is 6.10 Å². The molecule has 0 aromatic heterocycles. The SMILES string of the molecule is CC(C)c1ccc2c(c1)CCC1[C@@](C)(/C=N/O[C@H]3CCNC3)CCC[C@]21C. The van der Waals surface area contributed by atoms with Crippen LogP contribution in [0.3, 0.4) is 0 Å². The van der Waals surface area contributed by atoms with Gasteiger partial charge in [0.25, 0.3) is 0 Å². The minimum Gasteiger partial charge on any atom is -0.391 e. The van der Waals surface area contributed by atoms with E-state index in [-0.39, 0.29) is 16.9 Å². The molecule has 0 radical (unpaired) electrons. The minimum atomic E-state index is 0.132. The maximum Gasteiger partial charge on any atom is 0.141 e. The van der Waals surface area contributed by atoms with Gasteiger partial charge < -0.3 is 10.2 Å². The summed E-state index contributed by atoms with van der Waals surface area (Å²) in [6.45, 7) is 11.5. The molecular formula is C24H36N2O. The highest BCUT2D eigenvalue weighted by Crippen LogP contribution is 2.56. The molecule has 2 aliphatic carbocycles. The second-order valence-corrected chi connectivity index (χ2v) is 9.89. The second-order valence-electron chi connectivity index (χ2n) is 9.89. The zero-order valence-electron chi connectivity index (χ0n) is 17.6. The van der Waals surface area contributed by atoms with Crippen LogP contribution in [0.15, 0.2) is 23.4 Å². The fourth-order valence-electron chi connectivity index (χ4n) is 6.03. The molecule has 3 heteroatoms. The quantitative estimate of drug-likeness (QED) is 0.586. The average Bonchev–Trinajstić information content (AvgIpc) is 3.14. The summed E-state index contributed by atoms with van der Waals surface area (Å²) in [5, 5.41) is 7.85. The van der Waals surface area contributed by atoms with E-state index in [4.69, 9.17) is 4.84 Å². The van der Waals surface area contributed by atoms with Crippen LogP contribution in [0.5, 0.6) is 0 Å². The van der Waals surface area contributed by atoms with Crippen LogP contribution in [0.2, 0.25) is 0 Å². The zero-order valence-corrected chi connectivity index (χ0v) is 17.6. The van der Waals surface area contributed by atoms with Crippen LogP contribution in [0.4, 0.5) is 0 Å². The Kier molecular flexibility index (Phi) is 5.09. The maximum atomic E-state index is 5.80. The Morgan fingerprint density at radius 3 is 2.81 bits per heavy atom. The Labute approximate surface area is 164 Å². The molecule has 1 N–H and O–H groups in total. The van der Waals surface area contributed by atoms with Crippen LogP contribution < -0.4 is 5.32 Å². The molecule has 1 aromatic rings. The fraction of sp³-hybridized carbons (Fsp3) is 0.708. The number of aryl methyl sites for hydroxylation is 1. The summed E-state index contributed by atoms with van der Waals surface area (Å²) < 4.78 is 0. The summed E-state index contributed by atoms with van der Waals surface area (Å²) >= 11 is 0. The van der Waals surface area contributed by atoms with Gasteiger partial charge in [-0.25, -0.2) is 0 Å². The lowest BCUT2D eigenvalue weighted by Crippen LogP contribution is -2.49. The third-order valence-electron chi connectivity index (χ3n) is 7.66. The number of nitrogens with zero attached hydrogens (tertiary/aromatic N) is 1. The Bertz CT molecular complexity index is 706. The summed E-state index contributed by atoms with van der Waals surface area (Å²) in [4.78, 5) is 5.80. The molecule has 1 aliphatic heterocycles. The summed E-state index contributed by atoms with van der Waals surface area (Å²) in [5.74, 6) is 1.25. The van der Waals surface area contributed by atoms with Crippen molar-refractivity contribution in [1.29, 1.82) is 0 Å². The number of rotatable bonds is 4. The van der Waals surface area contributed by atoms with E-state index >= 15 is 0 Å². The van der Waals surface area contributed by atoms with Crippen LogP contribution in [-0.4, -0.2) is 25.4 Å². The van der Waals surface area contributed by atoms with E-state index in [1.54, 1.807) is 11.1 Å². The standard InChI is InChI=1S/C24H36N2O/c1-17(2)18-6-8-21-19(14-18)7-9-22-23(3,11-5-12-24(21,22)4)16-26-27-20-10-13-25-15-20/h6,8,14,16-17,20,22,25H,5,7,9-13,15H2,1-4H3/b26-16+/t20-,22?,23+,24+/m0/s1. The lowest BCUT2D eigenvalue weighted by atomic mass is 9.50. The van der Waals surface area contributed by atoms with Gasteiger partial charge in [-0.1, -0.05) is 57.5 Å². The van der Waals surface area contributed by atoms with Crippen LogP contribution in [-0.2, 0) is 16.7 Å². The van der Waals surface area contributed by atoms with Crippen molar-refractivity contribution in [1.82, 2.24) is 5.32 Å². The summed E-state index contributed by atoms with van der Waals surface area (Å²) in [7, 11) is 0. The first-order valence-electron chi connectivity index (χ1n) is 11.0. The Morgan fingerprint density at radius 1 is 1.22 bits per heavy atom. The molecule has 1 unspecified atom stereocenters. The van der Waals surface area contributed by atoms with E-state index in [1.807, 2.05) is 0 Å². The molecule has 1 saturated heterocycles. The Morgan fingerprint density at radius 2 is 2.07 bits per heavy atom. The van der Waals surface area contributed by atoms with Crippen molar-refractivity contribution in [2.24, 2.45) is 16.5 Å². The molecule has 0 spiro atoms. The van der Waals surface area contributed by atoms with Gasteiger partial charge in [0, 0.05) is 24.6 Å².